The summed E-state index contributed by atoms with van der Waals surface area (Å²) in [4.78, 5) is 9.25. The molecule has 1 saturated carbocycles. The molecule has 0 bridgehead atoms. The molecule has 0 aromatic carbocycles. The van der Waals surface area contributed by atoms with Crippen LogP contribution >= 0.6 is 0 Å². The topological polar surface area (TPSA) is 56.1 Å². The molecule has 0 amide bonds. The van der Waals surface area contributed by atoms with Crippen molar-refractivity contribution in [3.05, 3.63) is 30.0 Å². The Bertz CT molecular complexity index is 883. The lowest BCUT2D eigenvalue weighted by molar-refractivity contribution is -0.144. The van der Waals surface area contributed by atoms with E-state index >= 15 is 0 Å². The van der Waals surface area contributed by atoms with Gasteiger partial charge in [0.1, 0.15) is 6.67 Å². The van der Waals surface area contributed by atoms with Gasteiger partial charge in [0.2, 0.25) is 5.82 Å². The summed E-state index contributed by atoms with van der Waals surface area (Å²) in [6.45, 7) is 5.58. The highest BCUT2D eigenvalue weighted by atomic mass is 19.4. The van der Waals surface area contributed by atoms with Crippen molar-refractivity contribution in [2.75, 3.05) is 26.4 Å². The van der Waals surface area contributed by atoms with Gasteiger partial charge in [-0.25, -0.2) is 14.4 Å². The fraction of sp³-hybridized carbons (Fsp3) is 0.667. The summed E-state index contributed by atoms with van der Waals surface area (Å²) >= 11 is 0. The van der Waals surface area contributed by atoms with Crippen LogP contribution in [0, 0.1) is 0 Å². The minimum atomic E-state index is -4.57. The fourth-order valence-electron chi connectivity index (χ4n) is 4.60. The maximum atomic E-state index is 13.0. The summed E-state index contributed by atoms with van der Waals surface area (Å²) in [5.74, 6) is -0.869. The van der Waals surface area contributed by atoms with Gasteiger partial charge in [0.05, 0.1) is 18.4 Å². The molecule has 1 saturated heterocycles. The molecule has 170 valence electrons. The minimum absolute atomic E-state index is 0.109. The lowest BCUT2D eigenvalue weighted by Crippen LogP contribution is -2.47. The summed E-state index contributed by atoms with van der Waals surface area (Å²) in [7, 11) is 0. The molecule has 2 aromatic rings. The molecule has 0 spiro atoms. The summed E-state index contributed by atoms with van der Waals surface area (Å²) in [6, 6.07) is 2.43. The molecular weight excluding hydrogens is 414 g/mol. The van der Waals surface area contributed by atoms with Crippen molar-refractivity contribution in [1.29, 1.82) is 0 Å². The number of hydrogen-bond acceptors (Lipinski definition) is 5. The van der Waals surface area contributed by atoms with Gasteiger partial charge in [-0.05, 0) is 39.2 Å². The van der Waals surface area contributed by atoms with Gasteiger partial charge in [-0.1, -0.05) is 0 Å². The SMILES string of the molecule is CC(C)n1nc(-c2cnc(C(F)(F)F)nc2)cc1[C@H]1CCC(N2CCO[C@@H](CF)C2)C1. The molecule has 1 aliphatic carbocycles. The molecule has 2 aromatic heterocycles. The number of rotatable bonds is 5. The third-order valence-corrected chi connectivity index (χ3v) is 6.14. The Labute approximate surface area is 178 Å². The Balaban J connectivity index is 1.53. The number of aromatic nitrogens is 4. The first-order valence-electron chi connectivity index (χ1n) is 10.7. The van der Waals surface area contributed by atoms with E-state index in [1.54, 1.807) is 0 Å². The molecule has 3 heterocycles. The van der Waals surface area contributed by atoms with Crippen molar-refractivity contribution < 1.29 is 22.3 Å². The van der Waals surface area contributed by atoms with E-state index < -0.39 is 18.7 Å². The normalized spacial score (nSPS) is 25.5. The highest BCUT2D eigenvalue weighted by molar-refractivity contribution is 5.57. The first-order chi connectivity index (χ1) is 14.8. The van der Waals surface area contributed by atoms with Gasteiger partial charge < -0.3 is 4.74 Å². The van der Waals surface area contributed by atoms with Crippen LogP contribution in [0.3, 0.4) is 0 Å². The highest BCUT2D eigenvalue weighted by Gasteiger charge is 2.36. The molecule has 0 N–H and O–H groups in total. The van der Waals surface area contributed by atoms with E-state index in [2.05, 4.69) is 20.0 Å². The average Bonchev–Trinajstić information content (AvgIpc) is 3.41. The number of alkyl halides is 4. The Hall–Kier alpha value is -2.07. The van der Waals surface area contributed by atoms with Crippen molar-refractivity contribution in [2.45, 2.75) is 63.4 Å². The van der Waals surface area contributed by atoms with Gasteiger partial charge in [0.15, 0.2) is 0 Å². The lowest BCUT2D eigenvalue weighted by atomic mass is 10.0. The smallest absolute Gasteiger partial charge is 0.373 e. The van der Waals surface area contributed by atoms with Crippen LogP contribution in [0.5, 0.6) is 0 Å². The third kappa shape index (κ3) is 4.74. The van der Waals surface area contributed by atoms with E-state index in [0.29, 0.717) is 30.5 Å². The number of halogens is 4. The Kier molecular flexibility index (Phi) is 6.30. The Morgan fingerprint density at radius 1 is 1.19 bits per heavy atom. The molecule has 6 nitrogen and oxygen atoms in total. The van der Waals surface area contributed by atoms with E-state index in [4.69, 9.17) is 4.74 Å². The van der Waals surface area contributed by atoms with Gasteiger partial charge in [-0.2, -0.15) is 18.3 Å². The van der Waals surface area contributed by atoms with Gasteiger partial charge in [-0.3, -0.25) is 9.58 Å². The van der Waals surface area contributed by atoms with E-state index in [1.807, 2.05) is 24.6 Å². The van der Waals surface area contributed by atoms with Crippen molar-refractivity contribution in [3.63, 3.8) is 0 Å². The summed E-state index contributed by atoms with van der Waals surface area (Å²) < 4.78 is 58.7. The summed E-state index contributed by atoms with van der Waals surface area (Å²) in [5, 5.41) is 4.65. The number of morpholine rings is 1. The quantitative estimate of drug-likeness (QED) is 0.650. The number of nitrogens with zero attached hydrogens (tertiary/aromatic N) is 5. The van der Waals surface area contributed by atoms with Crippen LogP contribution in [-0.4, -0.2) is 63.2 Å². The average molecular weight is 441 g/mol. The van der Waals surface area contributed by atoms with Crippen LogP contribution in [0.1, 0.15) is 56.6 Å². The molecule has 10 heteroatoms. The molecule has 1 aliphatic heterocycles. The molecule has 0 radical (unpaired) electrons. The van der Waals surface area contributed by atoms with Crippen molar-refractivity contribution in [2.24, 2.45) is 0 Å². The molecule has 1 unspecified atom stereocenters. The largest absolute Gasteiger partial charge is 0.451 e. The van der Waals surface area contributed by atoms with Gasteiger partial charge >= 0.3 is 6.18 Å². The lowest BCUT2D eigenvalue weighted by Gasteiger charge is -2.36. The van der Waals surface area contributed by atoms with Crippen LogP contribution in [0.25, 0.3) is 11.3 Å². The van der Waals surface area contributed by atoms with Crippen LogP contribution in [0.4, 0.5) is 17.6 Å². The van der Waals surface area contributed by atoms with Crippen molar-refractivity contribution in [1.82, 2.24) is 24.6 Å². The predicted octanol–water partition coefficient (Wildman–Crippen LogP) is 4.25. The zero-order chi connectivity index (χ0) is 22.2. The second-order valence-corrected chi connectivity index (χ2v) is 8.59. The predicted molar refractivity (Wildman–Crippen MR) is 106 cm³/mol. The number of hydrogen-bond donors (Lipinski definition) is 0. The van der Waals surface area contributed by atoms with Crippen LogP contribution in [0.2, 0.25) is 0 Å². The minimum Gasteiger partial charge on any atom is -0.373 e. The first-order valence-corrected chi connectivity index (χ1v) is 10.7. The number of ether oxygens (including phenoxy) is 1. The monoisotopic (exact) mass is 441 g/mol. The van der Waals surface area contributed by atoms with E-state index in [1.165, 1.54) is 12.4 Å². The molecule has 2 aliphatic rings. The third-order valence-electron chi connectivity index (χ3n) is 6.14. The Morgan fingerprint density at radius 2 is 1.94 bits per heavy atom. The Morgan fingerprint density at radius 3 is 2.58 bits per heavy atom. The van der Waals surface area contributed by atoms with Crippen LogP contribution < -0.4 is 0 Å². The van der Waals surface area contributed by atoms with E-state index in [9.17, 15) is 17.6 Å². The standard InChI is InChI=1S/C21H27F4N5O/c1-13(2)30-19(8-18(28-30)15-10-26-20(27-11-15)21(23,24)25)14-3-4-16(7-14)29-5-6-31-17(9-22)12-29/h8,10-11,13-14,16-17H,3-7,9,12H2,1-2H3/t14-,16?,17-/m0/s1. The van der Waals surface area contributed by atoms with Crippen LogP contribution in [-0.2, 0) is 10.9 Å². The van der Waals surface area contributed by atoms with E-state index in [0.717, 1.165) is 31.5 Å². The summed E-state index contributed by atoms with van der Waals surface area (Å²) in [5.41, 5.74) is 2.11. The molecule has 2 fully saturated rings. The van der Waals surface area contributed by atoms with Gasteiger partial charge in [0.25, 0.3) is 0 Å². The van der Waals surface area contributed by atoms with Crippen LogP contribution in [0.15, 0.2) is 18.5 Å². The first kappa shape index (κ1) is 22.1. The fourth-order valence-corrected chi connectivity index (χ4v) is 4.60. The second-order valence-electron chi connectivity index (χ2n) is 8.59. The molecule has 3 atom stereocenters. The molecule has 31 heavy (non-hydrogen) atoms. The zero-order valence-corrected chi connectivity index (χ0v) is 17.6. The van der Waals surface area contributed by atoms with Crippen molar-refractivity contribution >= 4 is 0 Å². The van der Waals surface area contributed by atoms with E-state index in [-0.39, 0.29) is 18.1 Å². The summed E-state index contributed by atoms with van der Waals surface area (Å²) in [6.07, 6.45) is 0.389. The molecular formula is C21H27F4N5O. The zero-order valence-electron chi connectivity index (χ0n) is 17.6. The highest BCUT2D eigenvalue weighted by Crippen LogP contribution is 2.39. The maximum Gasteiger partial charge on any atom is 0.451 e. The second kappa shape index (κ2) is 8.82. The molecule has 4 rings (SSSR count). The van der Waals surface area contributed by atoms with Gasteiger partial charge in [-0.15, -0.1) is 0 Å². The van der Waals surface area contributed by atoms with Gasteiger partial charge in [0, 0.05) is 54.7 Å². The maximum absolute atomic E-state index is 13.0. The van der Waals surface area contributed by atoms with Crippen molar-refractivity contribution in [3.8, 4) is 11.3 Å².